The van der Waals surface area contributed by atoms with E-state index in [4.69, 9.17) is 4.74 Å². The number of nitrogens with zero attached hydrogens (tertiary/aromatic N) is 1. The Hall–Kier alpha value is -2.02. The maximum Gasteiger partial charge on any atom is 0.335 e. The average molecular weight is 327 g/mol. The molecule has 0 radical (unpaired) electrons. The normalized spacial score (nSPS) is 10.5. The number of methoxy groups -OCH3 is 1. The Morgan fingerprint density at radius 1 is 1.32 bits per heavy atom. The van der Waals surface area contributed by atoms with Gasteiger partial charge in [0, 0.05) is 10.5 Å². The first-order valence-electron chi connectivity index (χ1n) is 5.34. The van der Waals surface area contributed by atoms with Crippen LogP contribution in [0.25, 0.3) is 5.69 Å². The first-order valence-corrected chi connectivity index (χ1v) is 6.13. The highest BCUT2D eigenvalue weighted by atomic mass is 79.9. The monoisotopic (exact) mass is 326 g/mol. The van der Waals surface area contributed by atoms with Crippen molar-refractivity contribution in [3.63, 3.8) is 0 Å². The molecule has 6 nitrogen and oxygen atoms in total. The molecule has 0 spiro atoms. The van der Waals surface area contributed by atoms with Gasteiger partial charge in [0.2, 0.25) is 5.88 Å². The number of rotatable bonds is 2. The fourth-order valence-corrected chi connectivity index (χ4v) is 2.11. The highest BCUT2D eigenvalue weighted by molar-refractivity contribution is 9.10. The van der Waals surface area contributed by atoms with Crippen LogP contribution in [0.1, 0.15) is 5.56 Å². The number of H-pyrrole nitrogens is 1. The maximum atomic E-state index is 11.8. The molecule has 1 heterocycles. The third-order valence-corrected chi connectivity index (χ3v) is 3.12. The summed E-state index contributed by atoms with van der Waals surface area (Å²) in [6.45, 7) is 1.43. The molecule has 2 N–H and O–H groups in total. The molecule has 0 aliphatic heterocycles. The van der Waals surface area contributed by atoms with Gasteiger partial charge in [-0.15, -0.1) is 0 Å². The number of halogens is 1. The lowest BCUT2D eigenvalue weighted by Gasteiger charge is -2.11. The zero-order valence-electron chi connectivity index (χ0n) is 10.2. The van der Waals surface area contributed by atoms with Crippen molar-refractivity contribution >= 4 is 15.9 Å². The Balaban J connectivity index is 2.79. The third-order valence-electron chi connectivity index (χ3n) is 2.66. The van der Waals surface area contributed by atoms with Crippen molar-refractivity contribution in [2.75, 3.05) is 7.11 Å². The van der Waals surface area contributed by atoms with Gasteiger partial charge in [-0.3, -0.25) is 9.78 Å². The van der Waals surface area contributed by atoms with Gasteiger partial charge in [0.05, 0.1) is 18.4 Å². The van der Waals surface area contributed by atoms with Crippen LogP contribution in [0, 0.1) is 6.92 Å². The second-order valence-electron chi connectivity index (χ2n) is 3.89. The number of benzene rings is 1. The minimum Gasteiger partial charge on any atom is -0.497 e. The number of nitrogens with one attached hydrogen (secondary N) is 1. The Morgan fingerprint density at radius 3 is 2.63 bits per heavy atom. The van der Waals surface area contributed by atoms with E-state index in [2.05, 4.69) is 20.9 Å². The first kappa shape index (κ1) is 13.4. The highest BCUT2D eigenvalue weighted by Crippen LogP contribution is 2.25. The molecule has 7 heteroatoms. The molecule has 1 aromatic heterocycles. The smallest absolute Gasteiger partial charge is 0.335 e. The molecule has 0 bridgehead atoms. The zero-order valence-corrected chi connectivity index (χ0v) is 11.8. The summed E-state index contributed by atoms with van der Waals surface area (Å²) in [5, 5.41) is 9.95. The molecule has 2 rings (SSSR count). The summed E-state index contributed by atoms with van der Waals surface area (Å²) in [7, 11) is 1.49. The Morgan fingerprint density at radius 2 is 2.00 bits per heavy atom. The predicted molar refractivity (Wildman–Crippen MR) is 73.3 cm³/mol. The van der Waals surface area contributed by atoms with Gasteiger partial charge in [-0.2, -0.15) is 0 Å². The number of aromatic nitrogens is 2. The summed E-state index contributed by atoms with van der Waals surface area (Å²) in [5.41, 5.74) is -0.874. The van der Waals surface area contributed by atoms with Crippen molar-refractivity contribution in [3.05, 3.63) is 49.1 Å². The summed E-state index contributed by atoms with van der Waals surface area (Å²) >= 11 is 3.28. The van der Waals surface area contributed by atoms with Gasteiger partial charge in [0.1, 0.15) is 5.75 Å². The van der Waals surface area contributed by atoms with Crippen LogP contribution in [0.3, 0.4) is 0 Å². The van der Waals surface area contributed by atoms with Crippen LogP contribution in [0.15, 0.2) is 32.3 Å². The molecule has 0 saturated carbocycles. The van der Waals surface area contributed by atoms with Crippen LogP contribution < -0.4 is 16.0 Å². The molecule has 0 saturated heterocycles. The molecule has 19 heavy (non-hydrogen) atoms. The first-order chi connectivity index (χ1) is 8.93. The van der Waals surface area contributed by atoms with Gasteiger partial charge in [-0.05, 0) is 19.1 Å². The second-order valence-corrected chi connectivity index (χ2v) is 4.81. The van der Waals surface area contributed by atoms with Gasteiger partial charge in [0.15, 0.2) is 0 Å². The fourth-order valence-electron chi connectivity index (χ4n) is 1.65. The highest BCUT2D eigenvalue weighted by Gasteiger charge is 2.13. The molecule has 1 aromatic carbocycles. The number of ether oxygens (including phenoxy) is 1. The van der Waals surface area contributed by atoms with Crippen LogP contribution in [0.2, 0.25) is 0 Å². The molecule has 0 atom stereocenters. The lowest BCUT2D eigenvalue weighted by molar-refractivity contribution is 0.412. The molecule has 0 aliphatic carbocycles. The van der Waals surface area contributed by atoms with E-state index >= 15 is 0 Å². The summed E-state index contributed by atoms with van der Waals surface area (Å²) in [4.78, 5) is 25.3. The van der Waals surface area contributed by atoms with Crippen molar-refractivity contribution in [1.82, 2.24) is 9.55 Å². The van der Waals surface area contributed by atoms with Crippen molar-refractivity contribution in [2.24, 2.45) is 0 Å². The quantitative estimate of drug-likeness (QED) is 0.871. The summed E-state index contributed by atoms with van der Waals surface area (Å²) < 4.78 is 6.77. The standard InChI is InChI=1S/C12H11BrN2O4/c1-6-10(16)14-12(18)15(11(6)17)8-3-7(13)4-9(5-8)19-2/h3-5,17H,1-2H3,(H,14,16,18). The van der Waals surface area contributed by atoms with Crippen LogP contribution in [-0.4, -0.2) is 21.8 Å². The molecule has 100 valence electrons. The van der Waals surface area contributed by atoms with Crippen LogP contribution >= 0.6 is 15.9 Å². The number of aromatic amines is 1. The number of aromatic hydroxyl groups is 1. The van der Waals surface area contributed by atoms with E-state index in [0.717, 1.165) is 4.57 Å². The average Bonchev–Trinajstić information content (AvgIpc) is 2.35. The van der Waals surface area contributed by atoms with Crippen LogP contribution in [-0.2, 0) is 0 Å². The Labute approximate surface area is 116 Å². The molecule has 0 aliphatic rings. The van der Waals surface area contributed by atoms with Gasteiger partial charge in [-0.25, -0.2) is 9.36 Å². The maximum absolute atomic E-state index is 11.8. The third kappa shape index (κ3) is 2.41. The Bertz CT molecular complexity index is 748. The molecular formula is C12H11BrN2O4. The molecule has 0 fully saturated rings. The number of hydrogen-bond donors (Lipinski definition) is 2. The van der Waals surface area contributed by atoms with Crippen molar-refractivity contribution in [2.45, 2.75) is 6.92 Å². The summed E-state index contributed by atoms with van der Waals surface area (Å²) in [5.74, 6) is 0.119. The van der Waals surface area contributed by atoms with E-state index in [1.54, 1.807) is 18.2 Å². The van der Waals surface area contributed by atoms with E-state index in [1.165, 1.54) is 14.0 Å². The molecule has 0 unspecified atom stereocenters. The van der Waals surface area contributed by atoms with E-state index in [1.807, 2.05) is 0 Å². The van der Waals surface area contributed by atoms with Crippen LogP contribution in [0.4, 0.5) is 0 Å². The van der Waals surface area contributed by atoms with E-state index in [-0.39, 0.29) is 5.56 Å². The minimum absolute atomic E-state index is 0.0681. The summed E-state index contributed by atoms with van der Waals surface area (Å²) in [6, 6.07) is 4.91. The van der Waals surface area contributed by atoms with Crippen LogP contribution in [0.5, 0.6) is 11.6 Å². The molecule has 0 amide bonds. The van der Waals surface area contributed by atoms with Crippen molar-refractivity contribution in [3.8, 4) is 17.3 Å². The number of hydrogen-bond acceptors (Lipinski definition) is 4. The van der Waals surface area contributed by atoms with Gasteiger partial charge < -0.3 is 9.84 Å². The summed E-state index contributed by atoms with van der Waals surface area (Å²) in [6.07, 6.45) is 0. The lowest BCUT2D eigenvalue weighted by Crippen LogP contribution is -2.30. The minimum atomic E-state index is -0.715. The van der Waals surface area contributed by atoms with Crippen molar-refractivity contribution in [1.29, 1.82) is 0 Å². The second kappa shape index (κ2) is 4.93. The topological polar surface area (TPSA) is 84.3 Å². The zero-order chi connectivity index (χ0) is 14.2. The Kier molecular flexibility index (Phi) is 3.48. The van der Waals surface area contributed by atoms with Crippen molar-refractivity contribution < 1.29 is 9.84 Å². The SMILES string of the molecule is COc1cc(Br)cc(-n2c(O)c(C)c(=O)[nH]c2=O)c1. The molecular weight excluding hydrogens is 316 g/mol. The molecule has 2 aromatic rings. The largest absolute Gasteiger partial charge is 0.497 e. The van der Waals surface area contributed by atoms with Gasteiger partial charge in [-0.1, -0.05) is 15.9 Å². The van der Waals surface area contributed by atoms with E-state index < -0.39 is 17.1 Å². The van der Waals surface area contributed by atoms with E-state index in [9.17, 15) is 14.7 Å². The fraction of sp³-hybridized carbons (Fsp3) is 0.167. The predicted octanol–water partition coefficient (Wildman–Crippen LogP) is 1.31. The lowest BCUT2D eigenvalue weighted by atomic mass is 10.2. The van der Waals surface area contributed by atoms with Gasteiger partial charge >= 0.3 is 5.69 Å². The van der Waals surface area contributed by atoms with Gasteiger partial charge in [0.25, 0.3) is 5.56 Å². The van der Waals surface area contributed by atoms with E-state index in [0.29, 0.717) is 15.9 Å².